The lowest BCUT2D eigenvalue weighted by molar-refractivity contribution is 0.660. The van der Waals surface area contributed by atoms with E-state index >= 15 is 0 Å². The Hall–Kier alpha value is -2.97. The Morgan fingerprint density at radius 1 is 0.679 bits per heavy atom. The maximum Gasteiger partial charge on any atom is 0.161 e. The van der Waals surface area contributed by atoms with Crippen LogP contribution < -0.4 is 0 Å². The summed E-state index contributed by atoms with van der Waals surface area (Å²) in [7, 11) is 0. The van der Waals surface area contributed by atoms with E-state index in [-0.39, 0.29) is 5.41 Å². The molecule has 1 aromatic heterocycles. The fraction of sp³-hybridized carbons (Fsp3) is 0.120. The molecule has 0 unspecified atom stereocenters. The molecule has 2 nitrogen and oxygen atoms in total. The van der Waals surface area contributed by atoms with Crippen molar-refractivity contribution in [2.75, 3.05) is 0 Å². The van der Waals surface area contributed by atoms with E-state index in [1.807, 2.05) is 36.4 Å². The van der Waals surface area contributed by atoms with E-state index in [2.05, 4.69) is 61.3 Å². The lowest BCUT2D eigenvalue weighted by Gasteiger charge is -2.21. The van der Waals surface area contributed by atoms with E-state index in [0.717, 1.165) is 16.8 Å². The van der Waals surface area contributed by atoms with Crippen LogP contribution in [0.3, 0.4) is 0 Å². The highest BCUT2D eigenvalue weighted by atomic mass is 35.5. The van der Waals surface area contributed by atoms with Crippen molar-refractivity contribution >= 4 is 11.6 Å². The zero-order valence-corrected chi connectivity index (χ0v) is 16.5. The fourth-order valence-electron chi connectivity index (χ4n) is 4.15. The van der Waals surface area contributed by atoms with Gasteiger partial charge in [-0.2, -0.15) is 0 Å². The smallest absolute Gasteiger partial charge is 0.161 e. The first-order valence-corrected chi connectivity index (χ1v) is 9.76. The van der Waals surface area contributed by atoms with Crippen LogP contribution in [-0.4, -0.2) is 9.97 Å². The van der Waals surface area contributed by atoms with E-state index in [1.165, 1.54) is 22.3 Å². The third kappa shape index (κ3) is 2.64. The lowest BCUT2D eigenvalue weighted by atomic mass is 9.82. The van der Waals surface area contributed by atoms with Crippen molar-refractivity contribution in [2.45, 2.75) is 19.3 Å². The van der Waals surface area contributed by atoms with E-state index in [4.69, 9.17) is 16.6 Å². The van der Waals surface area contributed by atoms with Gasteiger partial charge in [0, 0.05) is 22.6 Å². The highest BCUT2D eigenvalue weighted by Crippen LogP contribution is 2.49. The Kier molecular flexibility index (Phi) is 3.85. The molecular formula is C25H19ClN2. The molecule has 136 valence electrons. The summed E-state index contributed by atoms with van der Waals surface area (Å²) in [6, 6.07) is 27.0. The van der Waals surface area contributed by atoms with Gasteiger partial charge in [0.2, 0.25) is 0 Å². The zero-order valence-electron chi connectivity index (χ0n) is 15.8. The molecule has 1 aliphatic carbocycles. The first kappa shape index (κ1) is 17.2. The van der Waals surface area contributed by atoms with Gasteiger partial charge < -0.3 is 0 Å². The molecule has 1 aliphatic rings. The quantitative estimate of drug-likeness (QED) is 0.357. The fourth-order valence-corrected chi connectivity index (χ4v) is 4.33. The zero-order chi connectivity index (χ0) is 19.3. The molecule has 5 rings (SSSR count). The second-order valence-corrected chi connectivity index (χ2v) is 8.08. The molecule has 0 fully saturated rings. The molecule has 0 amide bonds. The number of halogens is 1. The maximum absolute atomic E-state index is 6.34. The normalized spacial score (nSPS) is 13.8. The van der Waals surface area contributed by atoms with Crippen LogP contribution in [0.15, 0.2) is 78.9 Å². The average Bonchev–Trinajstić information content (AvgIpc) is 2.95. The highest BCUT2D eigenvalue weighted by molar-refractivity contribution is 6.29. The van der Waals surface area contributed by atoms with Gasteiger partial charge in [-0.1, -0.05) is 92.2 Å². The van der Waals surface area contributed by atoms with Gasteiger partial charge >= 0.3 is 0 Å². The minimum atomic E-state index is -0.0407. The Morgan fingerprint density at radius 3 is 2.21 bits per heavy atom. The third-order valence-corrected chi connectivity index (χ3v) is 5.80. The van der Waals surface area contributed by atoms with Crippen LogP contribution >= 0.6 is 11.6 Å². The van der Waals surface area contributed by atoms with Crippen molar-refractivity contribution in [3.8, 4) is 33.8 Å². The molecule has 0 radical (unpaired) electrons. The molecule has 0 aliphatic heterocycles. The van der Waals surface area contributed by atoms with Gasteiger partial charge in [-0.15, -0.1) is 0 Å². The van der Waals surface area contributed by atoms with Crippen LogP contribution in [0, 0.1) is 0 Å². The first-order valence-electron chi connectivity index (χ1n) is 9.39. The van der Waals surface area contributed by atoms with Gasteiger partial charge in [0.1, 0.15) is 5.15 Å². The van der Waals surface area contributed by atoms with E-state index in [9.17, 15) is 0 Å². The van der Waals surface area contributed by atoms with Crippen molar-refractivity contribution in [1.29, 1.82) is 0 Å². The van der Waals surface area contributed by atoms with Crippen LogP contribution in [0.1, 0.15) is 25.0 Å². The van der Waals surface area contributed by atoms with Crippen LogP contribution in [0.25, 0.3) is 33.8 Å². The summed E-state index contributed by atoms with van der Waals surface area (Å²) in [5.41, 5.74) is 8.12. The molecule has 1 heterocycles. The molecule has 0 spiro atoms. The topological polar surface area (TPSA) is 25.8 Å². The number of hydrogen-bond donors (Lipinski definition) is 0. The Balaban J connectivity index is 1.65. The van der Waals surface area contributed by atoms with Crippen molar-refractivity contribution in [3.63, 3.8) is 0 Å². The van der Waals surface area contributed by atoms with Crippen molar-refractivity contribution < 1.29 is 0 Å². The standard InChI is InChI=1S/C25H19ClN2/c1-25(2)20-11-7-6-10-18(20)19-13-12-17(14-21(19)25)22-15-23(26)28-24(27-22)16-8-4-3-5-9-16/h3-15H,1-2H3. The predicted octanol–water partition coefficient (Wildman–Crippen LogP) is 6.77. The van der Waals surface area contributed by atoms with Crippen LogP contribution in [-0.2, 0) is 5.41 Å². The summed E-state index contributed by atoms with van der Waals surface area (Å²) < 4.78 is 0. The minimum Gasteiger partial charge on any atom is -0.228 e. The number of hydrogen-bond acceptors (Lipinski definition) is 2. The monoisotopic (exact) mass is 382 g/mol. The first-order chi connectivity index (χ1) is 13.5. The Morgan fingerprint density at radius 2 is 1.39 bits per heavy atom. The molecule has 0 saturated heterocycles. The van der Waals surface area contributed by atoms with Gasteiger partial charge in [0.15, 0.2) is 5.82 Å². The summed E-state index contributed by atoms with van der Waals surface area (Å²) in [4.78, 5) is 9.22. The van der Waals surface area contributed by atoms with Crippen molar-refractivity contribution in [2.24, 2.45) is 0 Å². The van der Waals surface area contributed by atoms with E-state index < -0.39 is 0 Å². The number of rotatable bonds is 2. The number of benzene rings is 3. The molecule has 28 heavy (non-hydrogen) atoms. The van der Waals surface area contributed by atoms with Gasteiger partial charge in [-0.3, -0.25) is 0 Å². The Bertz CT molecular complexity index is 1200. The molecule has 0 atom stereocenters. The minimum absolute atomic E-state index is 0.0407. The SMILES string of the molecule is CC1(C)c2ccccc2-c2ccc(-c3cc(Cl)nc(-c4ccccc4)n3)cc21. The Labute approximate surface area is 169 Å². The number of aromatic nitrogens is 2. The number of fused-ring (bicyclic) bond motifs is 3. The summed E-state index contributed by atoms with van der Waals surface area (Å²) in [5, 5.41) is 0.451. The predicted molar refractivity (Wildman–Crippen MR) is 115 cm³/mol. The lowest BCUT2D eigenvalue weighted by Crippen LogP contribution is -2.14. The van der Waals surface area contributed by atoms with Crippen LogP contribution in [0.5, 0.6) is 0 Å². The second-order valence-electron chi connectivity index (χ2n) is 7.70. The van der Waals surface area contributed by atoms with E-state index in [1.54, 1.807) is 0 Å². The molecular weight excluding hydrogens is 364 g/mol. The summed E-state index contributed by atoms with van der Waals surface area (Å²) in [6.07, 6.45) is 0. The molecule has 0 N–H and O–H groups in total. The molecule has 3 heteroatoms. The van der Waals surface area contributed by atoms with Crippen LogP contribution in [0.2, 0.25) is 5.15 Å². The highest BCUT2D eigenvalue weighted by Gasteiger charge is 2.35. The van der Waals surface area contributed by atoms with E-state index in [0.29, 0.717) is 11.0 Å². The van der Waals surface area contributed by atoms with Gasteiger partial charge in [-0.25, -0.2) is 9.97 Å². The summed E-state index contributed by atoms with van der Waals surface area (Å²) in [6.45, 7) is 4.56. The third-order valence-electron chi connectivity index (χ3n) is 5.61. The largest absolute Gasteiger partial charge is 0.228 e. The van der Waals surface area contributed by atoms with Crippen molar-refractivity contribution in [3.05, 3.63) is 95.1 Å². The summed E-state index contributed by atoms with van der Waals surface area (Å²) in [5.74, 6) is 0.645. The van der Waals surface area contributed by atoms with Gasteiger partial charge in [-0.05, 0) is 28.3 Å². The molecule has 3 aromatic carbocycles. The van der Waals surface area contributed by atoms with Gasteiger partial charge in [0.25, 0.3) is 0 Å². The number of nitrogens with zero attached hydrogens (tertiary/aromatic N) is 2. The van der Waals surface area contributed by atoms with Crippen LogP contribution in [0.4, 0.5) is 0 Å². The molecule has 4 aromatic rings. The van der Waals surface area contributed by atoms with Crippen molar-refractivity contribution in [1.82, 2.24) is 9.97 Å². The molecule has 0 bridgehead atoms. The summed E-state index contributed by atoms with van der Waals surface area (Å²) >= 11 is 6.34. The average molecular weight is 383 g/mol. The van der Waals surface area contributed by atoms with Gasteiger partial charge in [0.05, 0.1) is 5.69 Å². The maximum atomic E-state index is 6.34. The second kappa shape index (κ2) is 6.29. The molecule has 0 saturated carbocycles.